The topological polar surface area (TPSA) is 131 Å². The number of hydrogen-bond donors (Lipinski definition) is 2. The lowest BCUT2D eigenvalue weighted by Gasteiger charge is -2.28. The van der Waals surface area contributed by atoms with Gasteiger partial charge in [-0.3, -0.25) is 29.1 Å². The van der Waals surface area contributed by atoms with Crippen molar-refractivity contribution in [2.45, 2.75) is 57.7 Å². The lowest BCUT2D eigenvalue weighted by Crippen LogP contribution is -2.53. The highest BCUT2D eigenvalue weighted by Gasteiger charge is 2.35. The highest BCUT2D eigenvalue weighted by atomic mass is 16.5. The molecule has 0 aliphatic heterocycles. The number of nitrogens with one attached hydrogen (secondary N) is 2. The van der Waals surface area contributed by atoms with E-state index in [0.29, 0.717) is 11.0 Å². The molecule has 10 nitrogen and oxygen atoms in total. The Balaban J connectivity index is 1.74. The normalized spacial score (nSPS) is 16.5. The highest BCUT2D eigenvalue weighted by Crippen LogP contribution is 2.30. The maximum absolute atomic E-state index is 12.9. The summed E-state index contributed by atoms with van der Waals surface area (Å²) in [5.41, 5.74) is 1.18. The monoisotopic (exact) mass is 483 g/mol. The molecule has 0 spiro atoms. The second-order valence-electron chi connectivity index (χ2n) is 9.19. The minimum Gasteiger partial charge on any atom is -0.462 e. The molecule has 0 bridgehead atoms. The van der Waals surface area contributed by atoms with Crippen molar-refractivity contribution in [2.75, 3.05) is 20.7 Å². The van der Waals surface area contributed by atoms with E-state index in [1.807, 2.05) is 25.1 Å². The van der Waals surface area contributed by atoms with Gasteiger partial charge < -0.3 is 15.4 Å². The van der Waals surface area contributed by atoms with Crippen LogP contribution in [0.3, 0.4) is 0 Å². The Labute approximate surface area is 204 Å². The van der Waals surface area contributed by atoms with E-state index in [4.69, 9.17) is 4.74 Å². The van der Waals surface area contributed by atoms with E-state index < -0.39 is 35.9 Å². The predicted octanol–water partition coefficient (Wildman–Crippen LogP) is 1.49. The van der Waals surface area contributed by atoms with E-state index in [0.717, 1.165) is 25.7 Å². The predicted molar refractivity (Wildman–Crippen MR) is 129 cm³/mol. The van der Waals surface area contributed by atoms with Crippen LogP contribution in [0.5, 0.6) is 0 Å². The fourth-order valence-electron chi connectivity index (χ4n) is 4.25. The Morgan fingerprint density at radius 3 is 2.37 bits per heavy atom. The van der Waals surface area contributed by atoms with Gasteiger partial charge in [-0.05, 0) is 58.8 Å². The zero-order chi connectivity index (χ0) is 25.5. The van der Waals surface area contributed by atoms with Crippen molar-refractivity contribution in [3.05, 3.63) is 36.2 Å². The number of hydrogen-bond acceptors (Lipinski definition) is 8. The molecule has 1 aromatic heterocycles. The van der Waals surface area contributed by atoms with E-state index in [1.54, 1.807) is 25.1 Å². The van der Waals surface area contributed by atoms with Gasteiger partial charge in [0.25, 0.3) is 5.91 Å². The maximum Gasteiger partial charge on any atom is 0.323 e. The number of ketones is 1. The fraction of sp³-hybridized carbons (Fsp3) is 0.520. The Kier molecular flexibility index (Phi) is 8.86. The zero-order valence-corrected chi connectivity index (χ0v) is 20.6. The number of para-hydroxylation sites is 2. The first-order valence-electron chi connectivity index (χ1n) is 11.8. The molecule has 1 aliphatic carbocycles. The molecule has 1 saturated carbocycles. The lowest BCUT2D eigenvalue weighted by molar-refractivity contribution is -0.152. The number of Topliss-reactive ketones (excluding diaryl/α,β-unsaturated/α-hetero) is 1. The molecular formula is C25H33N5O5. The standard InChI is InChI=1S/C25H33N5O5/c1-15(16(2)31)27-24(33)21(14-35-25(34)22(30(3)4)17-9-5-6-10-17)29-23(32)20-13-26-18-11-7-8-12-19(18)28-20/h7-8,11-13,15,17,21-22H,5-6,9-10,14H2,1-4H3,(H,27,33)(H,29,32). The van der Waals surface area contributed by atoms with Gasteiger partial charge in [0.1, 0.15) is 24.4 Å². The zero-order valence-electron chi connectivity index (χ0n) is 20.6. The van der Waals surface area contributed by atoms with Crippen molar-refractivity contribution < 1.29 is 23.9 Å². The van der Waals surface area contributed by atoms with Gasteiger partial charge in [0.05, 0.1) is 23.3 Å². The molecule has 3 unspecified atom stereocenters. The van der Waals surface area contributed by atoms with Gasteiger partial charge in [0.2, 0.25) is 5.91 Å². The number of esters is 1. The van der Waals surface area contributed by atoms with Gasteiger partial charge in [-0.25, -0.2) is 4.98 Å². The van der Waals surface area contributed by atoms with Gasteiger partial charge in [0.15, 0.2) is 5.78 Å². The SMILES string of the molecule is CC(=O)C(C)NC(=O)C(COC(=O)C(C1CCCC1)N(C)C)NC(=O)c1cnc2ccccc2n1. The molecule has 2 amide bonds. The van der Waals surface area contributed by atoms with Crippen LogP contribution in [-0.4, -0.2) is 77.3 Å². The van der Waals surface area contributed by atoms with Crippen molar-refractivity contribution in [1.29, 1.82) is 0 Å². The number of nitrogens with zero attached hydrogens (tertiary/aromatic N) is 3. The maximum atomic E-state index is 12.9. The number of rotatable bonds is 10. The van der Waals surface area contributed by atoms with Gasteiger partial charge in [0, 0.05) is 0 Å². The number of benzene rings is 1. The van der Waals surface area contributed by atoms with Crippen molar-refractivity contribution >= 4 is 34.6 Å². The average molecular weight is 484 g/mol. The van der Waals surface area contributed by atoms with E-state index in [9.17, 15) is 19.2 Å². The molecule has 0 radical (unpaired) electrons. The van der Waals surface area contributed by atoms with E-state index in [-0.39, 0.29) is 24.0 Å². The van der Waals surface area contributed by atoms with Crippen molar-refractivity contribution in [3.63, 3.8) is 0 Å². The molecule has 1 aliphatic rings. The summed E-state index contributed by atoms with van der Waals surface area (Å²) >= 11 is 0. The largest absolute Gasteiger partial charge is 0.462 e. The van der Waals surface area contributed by atoms with Crippen LogP contribution in [0.1, 0.15) is 50.0 Å². The number of fused-ring (bicyclic) bond motifs is 1. The molecule has 10 heteroatoms. The molecule has 188 valence electrons. The molecule has 3 atom stereocenters. The number of aromatic nitrogens is 2. The summed E-state index contributed by atoms with van der Waals surface area (Å²) in [6.07, 6.45) is 5.34. The van der Waals surface area contributed by atoms with Crippen molar-refractivity contribution in [2.24, 2.45) is 5.92 Å². The molecule has 0 saturated heterocycles. The number of ether oxygens (including phenoxy) is 1. The van der Waals surface area contributed by atoms with Crippen LogP contribution in [0.25, 0.3) is 11.0 Å². The minimum absolute atomic E-state index is 0.0181. The summed E-state index contributed by atoms with van der Waals surface area (Å²) < 4.78 is 5.53. The summed E-state index contributed by atoms with van der Waals surface area (Å²) in [7, 11) is 3.65. The third kappa shape index (κ3) is 6.82. The third-order valence-corrected chi connectivity index (χ3v) is 6.31. The van der Waals surface area contributed by atoms with E-state index in [1.165, 1.54) is 13.1 Å². The quantitative estimate of drug-likeness (QED) is 0.486. The first-order valence-corrected chi connectivity index (χ1v) is 11.8. The van der Waals surface area contributed by atoms with Crippen LogP contribution in [0.15, 0.2) is 30.5 Å². The highest BCUT2D eigenvalue weighted by molar-refractivity contribution is 5.98. The summed E-state index contributed by atoms with van der Waals surface area (Å²) in [6.45, 7) is 2.52. The number of carbonyl (C=O) groups excluding carboxylic acids is 4. The molecule has 3 rings (SSSR count). The summed E-state index contributed by atoms with van der Waals surface area (Å²) in [5, 5.41) is 5.14. The Hall–Kier alpha value is -3.40. The molecule has 1 aromatic carbocycles. The molecule has 2 aromatic rings. The smallest absolute Gasteiger partial charge is 0.323 e. The summed E-state index contributed by atoms with van der Waals surface area (Å²) in [5.74, 6) is -1.78. The van der Waals surface area contributed by atoms with Gasteiger partial charge >= 0.3 is 5.97 Å². The van der Waals surface area contributed by atoms with Crippen LogP contribution in [0.2, 0.25) is 0 Å². The second kappa shape index (κ2) is 11.8. The number of likely N-dealkylation sites (N-methyl/N-ethyl adjacent to an activating group) is 1. The minimum atomic E-state index is -1.21. The summed E-state index contributed by atoms with van der Waals surface area (Å²) in [6, 6.07) is 4.69. The van der Waals surface area contributed by atoms with Gasteiger partial charge in [-0.15, -0.1) is 0 Å². The molecule has 2 N–H and O–H groups in total. The first kappa shape index (κ1) is 26.2. The fourth-order valence-corrected chi connectivity index (χ4v) is 4.25. The molecule has 1 fully saturated rings. The van der Waals surface area contributed by atoms with Gasteiger partial charge in [-0.1, -0.05) is 25.0 Å². The number of amides is 2. The molecule has 1 heterocycles. The third-order valence-electron chi connectivity index (χ3n) is 6.31. The Morgan fingerprint density at radius 2 is 1.74 bits per heavy atom. The first-order chi connectivity index (χ1) is 16.7. The Morgan fingerprint density at radius 1 is 1.09 bits per heavy atom. The van der Waals surface area contributed by atoms with Gasteiger partial charge in [-0.2, -0.15) is 0 Å². The van der Waals surface area contributed by atoms with Crippen LogP contribution in [0, 0.1) is 5.92 Å². The van der Waals surface area contributed by atoms with Crippen LogP contribution >= 0.6 is 0 Å². The lowest BCUT2D eigenvalue weighted by atomic mass is 9.97. The average Bonchev–Trinajstić information content (AvgIpc) is 3.35. The second-order valence-corrected chi connectivity index (χ2v) is 9.19. The van der Waals surface area contributed by atoms with Crippen LogP contribution in [0.4, 0.5) is 0 Å². The van der Waals surface area contributed by atoms with Crippen LogP contribution < -0.4 is 10.6 Å². The molecule has 35 heavy (non-hydrogen) atoms. The van der Waals surface area contributed by atoms with Crippen molar-refractivity contribution in [1.82, 2.24) is 25.5 Å². The van der Waals surface area contributed by atoms with E-state index in [2.05, 4.69) is 20.6 Å². The number of carbonyl (C=O) groups is 4. The summed E-state index contributed by atoms with van der Waals surface area (Å²) in [4.78, 5) is 60.7. The van der Waals surface area contributed by atoms with E-state index >= 15 is 0 Å². The van der Waals surface area contributed by atoms with Crippen molar-refractivity contribution in [3.8, 4) is 0 Å². The molecular weight excluding hydrogens is 450 g/mol. The van der Waals surface area contributed by atoms with Crippen LogP contribution in [-0.2, 0) is 19.1 Å². The Bertz CT molecular complexity index is 1080.